The van der Waals surface area contributed by atoms with Gasteiger partial charge in [-0.3, -0.25) is 33.9 Å². The second kappa shape index (κ2) is 11.7. The molecule has 1 N–H and O–H groups in total. The number of nitro benzene ring substituents is 1. The molecule has 1 fully saturated rings. The molecular weight excluding hydrogens is 651 g/mol. The first-order valence-electron chi connectivity index (χ1n) is 13.0. The molecule has 0 aliphatic carbocycles. The standard InChI is InChI=1S/C29H20Cl2N4O7S2/c1-42-17-11-5-14(6-12-17)32-20(36)13-33-28-25(44-29(33)39)21(18-3-2-4-19(30)23(18)31)22-24(43-28)27(38)34(26(22)37)15-7-9-16(10-8-15)35(40)41/h2-12,21-22,24H,13H2,1H3,(H,32,36). The number of anilines is 2. The molecule has 3 unspecified atom stereocenters. The fraction of sp³-hybridized carbons (Fsp3) is 0.172. The van der Waals surface area contributed by atoms with Gasteiger partial charge in [-0.25, -0.2) is 4.90 Å². The Balaban J connectivity index is 1.40. The number of nitrogens with one attached hydrogen (secondary N) is 1. The summed E-state index contributed by atoms with van der Waals surface area (Å²) in [6, 6.07) is 16.7. The van der Waals surface area contributed by atoms with Gasteiger partial charge in [-0.1, -0.05) is 58.4 Å². The predicted octanol–water partition coefficient (Wildman–Crippen LogP) is 5.57. The molecule has 3 atom stereocenters. The summed E-state index contributed by atoms with van der Waals surface area (Å²) in [4.78, 5) is 65.9. The van der Waals surface area contributed by atoms with E-state index in [9.17, 15) is 29.3 Å². The van der Waals surface area contributed by atoms with Crippen molar-refractivity contribution in [2.45, 2.75) is 22.7 Å². The van der Waals surface area contributed by atoms with Gasteiger partial charge in [0.25, 0.3) is 5.69 Å². The van der Waals surface area contributed by atoms with Crippen molar-refractivity contribution in [2.24, 2.45) is 5.92 Å². The van der Waals surface area contributed by atoms with Gasteiger partial charge in [0.2, 0.25) is 17.7 Å². The largest absolute Gasteiger partial charge is 0.497 e. The minimum absolute atomic E-state index is 0.175. The zero-order valence-corrected chi connectivity index (χ0v) is 25.7. The molecule has 3 aromatic carbocycles. The Kier molecular flexibility index (Phi) is 7.97. The highest BCUT2D eigenvalue weighted by molar-refractivity contribution is 8.00. The van der Waals surface area contributed by atoms with Gasteiger partial charge in [-0.2, -0.15) is 0 Å². The Hall–Kier alpha value is -4.17. The van der Waals surface area contributed by atoms with Crippen molar-refractivity contribution in [2.75, 3.05) is 17.3 Å². The van der Waals surface area contributed by atoms with E-state index in [2.05, 4.69) is 5.32 Å². The summed E-state index contributed by atoms with van der Waals surface area (Å²) in [5.74, 6) is -2.75. The number of ether oxygens (including phenoxy) is 1. The normalized spacial score (nSPS) is 19.0. The van der Waals surface area contributed by atoms with Crippen molar-refractivity contribution >= 4 is 81.1 Å². The lowest BCUT2D eigenvalue weighted by molar-refractivity contribution is -0.384. The number of hydrogen-bond donors (Lipinski definition) is 1. The van der Waals surface area contributed by atoms with Gasteiger partial charge in [-0.15, -0.1) is 0 Å². The van der Waals surface area contributed by atoms with Gasteiger partial charge in [0.05, 0.1) is 38.7 Å². The first kappa shape index (κ1) is 29.9. The molecule has 11 nitrogen and oxygen atoms in total. The van der Waals surface area contributed by atoms with E-state index in [0.717, 1.165) is 28.0 Å². The van der Waals surface area contributed by atoms with Crippen LogP contribution in [0.4, 0.5) is 17.1 Å². The van der Waals surface area contributed by atoms with Crippen LogP contribution in [0.15, 0.2) is 76.6 Å². The number of carbonyl (C=O) groups excluding carboxylic acids is 3. The molecule has 3 heterocycles. The van der Waals surface area contributed by atoms with Crippen LogP contribution in [-0.2, 0) is 20.9 Å². The van der Waals surface area contributed by atoms with Crippen LogP contribution in [0, 0.1) is 16.0 Å². The zero-order valence-electron chi connectivity index (χ0n) is 22.6. The van der Waals surface area contributed by atoms with Gasteiger partial charge >= 0.3 is 4.87 Å². The average molecular weight is 672 g/mol. The molecule has 2 aliphatic rings. The Morgan fingerprint density at radius 2 is 1.73 bits per heavy atom. The monoisotopic (exact) mass is 670 g/mol. The fourth-order valence-electron chi connectivity index (χ4n) is 5.35. The Labute approximate surface area is 267 Å². The summed E-state index contributed by atoms with van der Waals surface area (Å²) in [6.45, 7) is -0.342. The molecule has 0 bridgehead atoms. The molecular formula is C29H20Cl2N4O7S2. The van der Waals surface area contributed by atoms with E-state index in [4.69, 9.17) is 27.9 Å². The van der Waals surface area contributed by atoms with E-state index in [0.29, 0.717) is 26.9 Å². The molecule has 15 heteroatoms. The molecule has 2 aliphatic heterocycles. The number of non-ortho nitro benzene ring substituents is 1. The SMILES string of the molecule is COc1ccc(NC(=O)Cn2c3c(sc2=O)C(c2cccc(Cl)c2Cl)C2C(=O)N(c4ccc([N+](=O)[O-])cc4)C(=O)C2S3)cc1. The molecule has 3 amide bonds. The summed E-state index contributed by atoms with van der Waals surface area (Å²) in [5, 5.41) is 13.7. The Bertz CT molecular complexity index is 1890. The van der Waals surface area contributed by atoms with E-state index < -0.39 is 44.6 Å². The van der Waals surface area contributed by atoms with Crippen LogP contribution < -0.4 is 19.8 Å². The second-order valence-electron chi connectivity index (χ2n) is 9.87. The molecule has 0 radical (unpaired) electrons. The number of fused-ring (bicyclic) bond motifs is 2. The molecule has 44 heavy (non-hydrogen) atoms. The van der Waals surface area contributed by atoms with Crippen LogP contribution in [0.5, 0.6) is 5.75 Å². The summed E-state index contributed by atoms with van der Waals surface area (Å²) < 4.78 is 6.43. The number of carbonyl (C=O) groups is 3. The smallest absolute Gasteiger partial charge is 0.308 e. The van der Waals surface area contributed by atoms with Crippen molar-refractivity contribution in [1.82, 2.24) is 4.57 Å². The molecule has 1 saturated heterocycles. The summed E-state index contributed by atoms with van der Waals surface area (Å²) in [7, 11) is 1.53. The number of thiazole rings is 1. The Morgan fingerprint density at radius 1 is 1.02 bits per heavy atom. The van der Waals surface area contributed by atoms with E-state index in [-0.39, 0.29) is 28.0 Å². The minimum atomic E-state index is -0.977. The van der Waals surface area contributed by atoms with Gasteiger partial charge < -0.3 is 10.1 Å². The number of halogens is 2. The molecule has 1 aromatic heterocycles. The third kappa shape index (κ3) is 5.15. The van der Waals surface area contributed by atoms with E-state index in [1.54, 1.807) is 42.5 Å². The van der Waals surface area contributed by atoms with Crippen molar-refractivity contribution in [3.05, 3.63) is 107 Å². The van der Waals surface area contributed by atoms with E-state index in [1.165, 1.54) is 35.9 Å². The summed E-state index contributed by atoms with van der Waals surface area (Å²) in [6.07, 6.45) is 0. The number of aromatic nitrogens is 1. The van der Waals surface area contributed by atoms with Gasteiger partial charge in [0, 0.05) is 28.6 Å². The van der Waals surface area contributed by atoms with Crippen LogP contribution in [0.2, 0.25) is 10.0 Å². The molecule has 4 aromatic rings. The zero-order chi connectivity index (χ0) is 31.3. The number of methoxy groups -OCH3 is 1. The van der Waals surface area contributed by atoms with Gasteiger partial charge in [-0.05, 0) is 48.0 Å². The maximum atomic E-state index is 14.0. The average Bonchev–Trinajstić information content (AvgIpc) is 3.45. The van der Waals surface area contributed by atoms with Gasteiger partial charge in [0.15, 0.2) is 0 Å². The number of nitro groups is 1. The maximum Gasteiger partial charge on any atom is 0.308 e. The Morgan fingerprint density at radius 3 is 2.39 bits per heavy atom. The van der Waals surface area contributed by atoms with Crippen molar-refractivity contribution in [3.8, 4) is 5.75 Å². The highest BCUT2D eigenvalue weighted by Crippen LogP contribution is 2.55. The minimum Gasteiger partial charge on any atom is -0.497 e. The van der Waals surface area contributed by atoms with E-state index in [1.807, 2.05) is 0 Å². The predicted molar refractivity (Wildman–Crippen MR) is 167 cm³/mol. The second-order valence-corrected chi connectivity index (χ2v) is 12.8. The number of nitrogens with zero attached hydrogens (tertiary/aromatic N) is 3. The first-order chi connectivity index (χ1) is 21.1. The number of hydrogen-bond acceptors (Lipinski definition) is 9. The molecule has 6 rings (SSSR count). The lowest BCUT2D eigenvalue weighted by atomic mass is 9.83. The van der Waals surface area contributed by atoms with Gasteiger partial charge in [0.1, 0.15) is 17.5 Å². The van der Waals surface area contributed by atoms with Crippen molar-refractivity contribution < 1.29 is 24.0 Å². The number of amides is 3. The third-order valence-corrected chi connectivity index (χ3v) is 10.8. The van der Waals surface area contributed by atoms with Crippen molar-refractivity contribution in [1.29, 1.82) is 0 Å². The summed E-state index contributed by atoms with van der Waals surface area (Å²) >= 11 is 14.9. The third-order valence-electron chi connectivity index (χ3n) is 7.36. The quantitative estimate of drug-likeness (QED) is 0.153. The molecule has 0 saturated carbocycles. The first-order valence-corrected chi connectivity index (χ1v) is 15.4. The highest BCUT2D eigenvalue weighted by Gasteiger charge is 2.57. The lowest BCUT2D eigenvalue weighted by Gasteiger charge is -2.31. The lowest BCUT2D eigenvalue weighted by Crippen LogP contribution is -2.33. The maximum absolute atomic E-state index is 14.0. The van der Waals surface area contributed by atoms with Crippen LogP contribution >= 0.6 is 46.3 Å². The topological polar surface area (TPSA) is 141 Å². The molecule has 0 spiro atoms. The van der Waals surface area contributed by atoms with Crippen LogP contribution in [0.25, 0.3) is 0 Å². The van der Waals surface area contributed by atoms with Crippen molar-refractivity contribution in [3.63, 3.8) is 0 Å². The number of imide groups is 1. The highest BCUT2D eigenvalue weighted by atomic mass is 35.5. The van der Waals surface area contributed by atoms with Crippen LogP contribution in [0.3, 0.4) is 0 Å². The van der Waals surface area contributed by atoms with Crippen LogP contribution in [0.1, 0.15) is 16.4 Å². The molecule has 224 valence electrons. The van der Waals surface area contributed by atoms with Crippen LogP contribution in [-0.4, -0.2) is 39.6 Å². The summed E-state index contributed by atoms with van der Waals surface area (Å²) in [5.41, 5.74) is 0.941. The van der Waals surface area contributed by atoms with E-state index >= 15 is 0 Å². The fourth-order valence-corrected chi connectivity index (χ4v) is 8.54. The number of benzene rings is 3. The number of thioether (sulfide) groups is 1. The number of rotatable bonds is 7.